The minimum absolute atomic E-state index is 0.00754. The summed E-state index contributed by atoms with van der Waals surface area (Å²) in [6, 6.07) is -0.118. The molecule has 1 atom stereocenters. The van der Waals surface area contributed by atoms with Gasteiger partial charge in [0.15, 0.2) is 0 Å². The summed E-state index contributed by atoms with van der Waals surface area (Å²) in [6.45, 7) is 3.59. The molecule has 2 heterocycles. The predicted molar refractivity (Wildman–Crippen MR) is 78.0 cm³/mol. The molecule has 1 unspecified atom stereocenters. The summed E-state index contributed by atoms with van der Waals surface area (Å²) in [5, 5.41) is 18.8. The van der Waals surface area contributed by atoms with E-state index in [0.717, 1.165) is 19.3 Å². The van der Waals surface area contributed by atoms with Gasteiger partial charge >= 0.3 is 12.0 Å². The van der Waals surface area contributed by atoms with Crippen LogP contribution in [0.4, 0.5) is 4.79 Å². The highest BCUT2D eigenvalue weighted by atomic mass is 16.4. The zero-order chi connectivity index (χ0) is 15.5. The quantitative estimate of drug-likeness (QED) is 0.828. The number of likely N-dealkylation sites (tertiary alicyclic amines) is 2. The molecule has 2 saturated heterocycles. The number of amides is 2. The second kappa shape index (κ2) is 6.64. The first-order chi connectivity index (χ1) is 10.0. The van der Waals surface area contributed by atoms with E-state index >= 15 is 0 Å². The van der Waals surface area contributed by atoms with Crippen LogP contribution in [0.3, 0.4) is 0 Å². The Hall–Kier alpha value is -1.30. The van der Waals surface area contributed by atoms with Crippen LogP contribution in [0.2, 0.25) is 0 Å². The average molecular weight is 298 g/mol. The Kier molecular flexibility index (Phi) is 5.08. The van der Waals surface area contributed by atoms with Crippen LogP contribution in [0.1, 0.15) is 45.4 Å². The Morgan fingerprint density at radius 2 is 1.86 bits per heavy atom. The van der Waals surface area contributed by atoms with Crippen molar-refractivity contribution in [3.8, 4) is 0 Å². The van der Waals surface area contributed by atoms with Crippen LogP contribution in [0.15, 0.2) is 0 Å². The van der Waals surface area contributed by atoms with Crippen LogP contribution in [0.5, 0.6) is 0 Å². The second-order valence-electron chi connectivity index (χ2n) is 6.23. The summed E-state index contributed by atoms with van der Waals surface area (Å²) in [5.74, 6) is -0.747. The number of nitrogens with zero attached hydrogens (tertiary/aromatic N) is 2. The minimum Gasteiger partial charge on any atom is -0.481 e. The fourth-order valence-corrected chi connectivity index (χ4v) is 3.47. The van der Waals surface area contributed by atoms with Crippen LogP contribution >= 0.6 is 0 Å². The van der Waals surface area contributed by atoms with Crippen molar-refractivity contribution in [1.29, 1.82) is 0 Å². The minimum atomic E-state index is -0.747. The monoisotopic (exact) mass is 298 g/mol. The van der Waals surface area contributed by atoms with E-state index in [1.54, 1.807) is 9.80 Å². The van der Waals surface area contributed by atoms with Crippen molar-refractivity contribution in [3.05, 3.63) is 0 Å². The third-order valence-corrected chi connectivity index (χ3v) is 5.21. The van der Waals surface area contributed by atoms with E-state index in [2.05, 4.69) is 0 Å². The summed E-state index contributed by atoms with van der Waals surface area (Å²) in [7, 11) is 0. The molecule has 0 bridgehead atoms. The lowest BCUT2D eigenvalue weighted by atomic mass is 9.76. The molecule has 2 aliphatic heterocycles. The summed E-state index contributed by atoms with van der Waals surface area (Å²) in [5.41, 5.74) is -0.672. The maximum absolute atomic E-state index is 12.6. The van der Waals surface area contributed by atoms with Gasteiger partial charge in [0, 0.05) is 19.6 Å². The van der Waals surface area contributed by atoms with E-state index in [4.69, 9.17) is 0 Å². The maximum atomic E-state index is 12.6. The van der Waals surface area contributed by atoms with Gasteiger partial charge in [-0.3, -0.25) is 4.79 Å². The van der Waals surface area contributed by atoms with Gasteiger partial charge in [0.1, 0.15) is 0 Å². The van der Waals surface area contributed by atoms with Crippen LogP contribution in [-0.4, -0.2) is 64.3 Å². The summed E-state index contributed by atoms with van der Waals surface area (Å²) >= 11 is 0. The van der Waals surface area contributed by atoms with Crippen molar-refractivity contribution in [1.82, 2.24) is 9.80 Å². The number of aliphatic carboxylic acids is 1. The molecule has 6 nitrogen and oxygen atoms in total. The molecule has 0 aromatic rings. The van der Waals surface area contributed by atoms with Crippen molar-refractivity contribution < 1.29 is 19.8 Å². The molecule has 0 aromatic carbocycles. The summed E-state index contributed by atoms with van der Waals surface area (Å²) in [6.07, 6.45) is 4.51. The highest BCUT2D eigenvalue weighted by molar-refractivity contribution is 5.77. The number of rotatable bonds is 3. The van der Waals surface area contributed by atoms with Crippen molar-refractivity contribution in [2.45, 2.75) is 51.5 Å². The van der Waals surface area contributed by atoms with E-state index in [1.165, 1.54) is 0 Å². The number of piperidine rings is 2. The topological polar surface area (TPSA) is 81.1 Å². The molecule has 2 rings (SSSR count). The smallest absolute Gasteiger partial charge is 0.320 e. The molecular weight excluding hydrogens is 272 g/mol. The van der Waals surface area contributed by atoms with Gasteiger partial charge < -0.3 is 20.0 Å². The van der Waals surface area contributed by atoms with Crippen molar-refractivity contribution in [2.24, 2.45) is 5.41 Å². The van der Waals surface area contributed by atoms with Gasteiger partial charge in [-0.1, -0.05) is 6.92 Å². The molecule has 2 fully saturated rings. The van der Waals surface area contributed by atoms with Gasteiger partial charge in [-0.25, -0.2) is 4.79 Å². The Morgan fingerprint density at radius 1 is 1.19 bits per heavy atom. The number of carbonyl (C=O) groups excluding carboxylic acids is 1. The largest absolute Gasteiger partial charge is 0.481 e. The zero-order valence-corrected chi connectivity index (χ0v) is 12.8. The molecule has 0 spiro atoms. The molecule has 21 heavy (non-hydrogen) atoms. The Bertz CT molecular complexity index is 391. The highest BCUT2D eigenvalue weighted by Gasteiger charge is 2.42. The molecule has 0 aliphatic carbocycles. The van der Waals surface area contributed by atoms with Crippen LogP contribution in [-0.2, 0) is 4.79 Å². The lowest BCUT2D eigenvalue weighted by molar-refractivity contribution is -0.152. The lowest BCUT2D eigenvalue weighted by Gasteiger charge is -2.43. The molecule has 0 radical (unpaired) electrons. The summed E-state index contributed by atoms with van der Waals surface area (Å²) < 4.78 is 0. The number of carboxylic acids is 1. The van der Waals surface area contributed by atoms with Gasteiger partial charge in [0.25, 0.3) is 0 Å². The zero-order valence-electron chi connectivity index (χ0n) is 12.8. The molecule has 2 aliphatic rings. The number of hydrogen-bond donors (Lipinski definition) is 2. The van der Waals surface area contributed by atoms with Crippen LogP contribution in [0.25, 0.3) is 0 Å². The van der Waals surface area contributed by atoms with Gasteiger partial charge in [-0.2, -0.15) is 0 Å². The third-order valence-electron chi connectivity index (χ3n) is 5.21. The van der Waals surface area contributed by atoms with Crippen molar-refractivity contribution >= 4 is 12.0 Å². The molecule has 0 aromatic heterocycles. The number of aliphatic hydroxyl groups is 1. The number of aliphatic hydroxyl groups excluding tert-OH is 1. The van der Waals surface area contributed by atoms with E-state index in [0.29, 0.717) is 38.9 Å². The standard InChI is InChI=1S/C15H26N2O4/c1-2-15(13(19)20)6-9-16(10-7-15)14(21)17-8-4-3-5-12(17)11-18/h12,18H,2-11H2,1H3,(H,19,20). The first-order valence-electron chi connectivity index (χ1n) is 7.94. The molecule has 6 heteroatoms. The Morgan fingerprint density at radius 3 is 2.38 bits per heavy atom. The first-order valence-corrected chi connectivity index (χ1v) is 7.94. The van der Waals surface area contributed by atoms with Crippen molar-refractivity contribution in [3.63, 3.8) is 0 Å². The Balaban J connectivity index is 1.98. The number of carboxylic acid groups (broad SMARTS) is 1. The van der Waals surface area contributed by atoms with Crippen LogP contribution in [0, 0.1) is 5.41 Å². The first kappa shape index (κ1) is 16.1. The SMILES string of the molecule is CCC1(C(=O)O)CCN(C(=O)N2CCCCC2CO)CC1. The van der Waals surface area contributed by atoms with Gasteiger partial charge in [-0.05, 0) is 38.5 Å². The molecule has 2 amide bonds. The predicted octanol–water partition coefficient (Wildman–Crippen LogP) is 1.53. The average Bonchev–Trinajstić information content (AvgIpc) is 2.54. The fourth-order valence-electron chi connectivity index (χ4n) is 3.47. The molecule has 0 saturated carbocycles. The highest BCUT2D eigenvalue weighted by Crippen LogP contribution is 2.35. The Labute approximate surface area is 125 Å². The number of carbonyl (C=O) groups is 2. The molecule has 2 N–H and O–H groups in total. The van der Waals surface area contributed by atoms with Crippen molar-refractivity contribution in [2.75, 3.05) is 26.2 Å². The van der Waals surface area contributed by atoms with E-state index in [9.17, 15) is 19.8 Å². The van der Waals surface area contributed by atoms with E-state index in [-0.39, 0.29) is 18.7 Å². The van der Waals surface area contributed by atoms with Crippen LogP contribution < -0.4 is 0 Å². The fraction of sp³-hybridized carbons (Fsp3) is 0.867. The van der Waals surface area contributed by atoms with Gasteiger partial charge in [0.2, 0.25) is 0 Å². The molecular formula is C15H26N2O4. The van der Waals surface area contributed by atoms with Gasteiger partial charge in [0.05, 0.1) is 18.1 Å². The maximum Gasteiger partial charge on any atom is 0.320 e. The molecule has 120 valence electrons. The second-order valence-corrected chi connectivity index (χ2v) is 6.23. The van der Waals surface area contributed by atoms with Gasteiger partial charge in [-0.15, -0.1) is 0 Å². The number of urea groups is 1. The lowest BCUT2D eigenvalue weighted by Crippen LogP contribution is -2.55. The number of hydrogen-bond acceptors (Lipinski definition) is 3. The van der Waals surface area contributed by atoms with E-state index < -0.39 is 11.4 Å². The normalized spacial score (nSPS) is 25.7. The summed E-state index contributed by atoms with van der Waals surface area (Å²) in [4.78, 5) is 27.5. The van der Waals surface area contributed by atoms with E-state index in [1.807, 2.05) is 6.92 Å². The third kappa shape index (κ3) is 3.15.